The van der Waals surface area contributed by atoms with E-state index in [1.807, 2.05) is 17.9 Å². The van der Waals surface area contributed by atoms with Gasteiger partial charge in [0.15, 0.2) is 18.1 Å². The summed E-state index contributed by atoms with van der Waals surface area (Å²) in [7, 11) is 1.55. The van der Waals surface area contributed by atoms with Gasteiger partial charge < -0.3 is 24.1 Å². The largest absolute Gasteiger partial charge is 0.497 e. The van der Waals surface area contributed by atoms with Crippen molar-refractivity contribution in [3.63, 3.8) is 0 Å². The van der Waals surface area contributed by atoms with Crippen LogP contribution in [0.3, 0.4) is 0 Å². The first kappa shape index (κ1) is 28.4. The molecule has 42 heavy (non-hydrogen) atoms. The van der Waals surface area contributed by atoms with E-state index in [0.717, 1.165) is 49.3 Å². The molecular formula is C30H31N3O7S2. The lowest BCUT2D eigenvalue weighted by atomic mass is 9.83. The van der Waals surface area contributed by atoms with Crippen molar-refractivity contribution < 1.29 is 28.6 Å². The number of aromatic nitrogens is 1. The summed E-state index contributed by atoms with van der Waals surface area (Å²) in [6, 6.07) is 12.1. The van der Waals surface area contributed by atoms with Crippen molar-refractivity contribution in [2.75, 3.05) is 38.3 Å². The third-order valence-electron chi connectivity index (χ3n) is 7.84. The Hall–Kier alpha value is -3.77. The number of imide groups is 1. The predicted octanol–water partition coefficient (Wildman–Crippen LogP) is 4.03. The molecule has 0 saturated carbocycles. The van der Waals surface area contributed by atoms with Crippen molar-refractivity contribution in [1.82, 2.24) is 9.88 Å². The fraction of sp³-hybridized carbons (Fsp3) is 0.400. The number of methoxy groups -OCH3 is 1. The molecule has 0 spiro atoms. The van der Waals surface area contributed by atoms with Crippen molar-refractivity contribution in [1.29, 1.82) is 0 Å². The number of thioether (sulfide) groups is 1. The Bertz CT molecular complexity index is 1560. The third kappa shape index (κ3) is 5.17. The fourth-order valence-electron chi connectivity index (χ4n) is 5.84. The first-order chi connectivity index (χ1) is 20.4. The molecule has 3 atom stereocenters. The molecule has 4 heterocycles. The Kier molecular flexibility index (Phi) is 8.00. The Morgan fingerprint density at radius 2 is 1.74 bits per heavy atom. The number of benzene rings is 2. The second kappa shape index (κ2) is 11.8. The molecule has 6 rings (SSSR count). The highest BCUT2D eigenvalue weighted by atomic mass is 32.2. The zero-order valence-corrected chi connectivity index (χ0v) is 24.9. The van der Waals surface area contributed by atoms with Crippen molar-refractivity contribution in [2.45, 2.75) is 42.4 Å². The van der Waals surface area contributed by atoms with Crippen molar-refractivity contribution in [3.05, 3.63) is 62.6 Å². The molecule has 220 valence electrons. The summed E-state index contributed by atoms with van der Waals surface area (Å²) in [5.41, 5.74) is 1.19. The minimum atomic E-state index is -0.731. The number of thiazole rings is 1. The molecular weight excluding hydrogens is 578 g/mol. The molecule has 0 aliphatic carbocycles. The lowest BCUT2D eigenvalue weighted by Crippen LogP contribution is -2.38. The zero-order valence-electron chi connectivity index (χ0n) is 23.3. The van der Waals surface area contributed by atoms with Crippen molar-refractivity contribution >= 4 is 46.5 Å². The standard InChI is InChI=1S/C30H31N3O7S2/c1-3-39-21-15-17(7-12-20(21)40-16-22(34)32-13-5-4-6-14-32)23-24-26(41-27-25(23)42-30(37)31-27)29(36)33(28(24)35)18-8-10-19(38-2)11-9-18/h7-12,15,23-24,26H,3-6,13-14,16H2,1-2H3,(H,31,37). The predicted molar refractivity (Wildman–Crippen MR) is 159 cm³/mol. The van der Waals surface area contributed by atoms with Crippen molar-refractivity contribution in [2.24, 2.45) is 5.92 Å². The van der Waals surface area contributed by atoms with Crippen LogP contribution in [0.2, 0.25) is 0 Å². The minimum absolute atomic E-state index is 0.0659. The number of likely N-dealkylation sites (tertiary alicyclic amines) is 1. The van der Waals surface area contributed by atoms with Gasteiger partial charge in [-0.3, -0.25) is 19.2 Å². The van der Waals surface area contributed by atoms with E-state index in [1.165, 1.54) is 16.7 Å². The van der Waals surface area contributed by atoms with E-state index in [9.17, 15) is 19.2 Å². The average Bonchev–Trinajstić information content (AvgIpc) is 3.50. The van der Waals surface area contributed by atoms with Gasteiger partial charge >= 0.3 is 4.87 Å². The number of ether oxygens (including phenoxy) is 3. The second-order valence-corrected chi connectivity index (χ2v) is 12.5. The molecule has 3 amide bonds. The number of carbonyl (C=O) groups is 3. The quantitative estimate of drug-likeness (QED) is 0.381. The van der Waals surface area contributed by atoms with Gasteiger partial charge in [-0.25, -0.2) is 4.90 Å². The van der Waals surface area contributed by atoms with Crippen LogP contribution in [0, 0.1) is 5.92 Å². The maximum Gasteiger partial charge on any atom is 0.305 e. The molecule has 0 bridgehead atoms. The fourth-order valence-corrected chi connectivity index (χ4v) is 8.36. The number of nitrogens with zero attached hydrogens (tertiary/aromatic N) is 2. The summed E-state index contributed by atoms with van der Waals surface area (Å²) in [6.45, 7) is 3.59. The van der Waals surface area contributed by atoms with Crippen LogP contribution < -0.4 is 24.0 Å². The maximum atomic E-state index is 14.0. The van der Waals surface area contributed by atoms with E-state index < -0.39 is 17.1 Å². The van der Waals surface area contributed by atoms with Gasteiger partial charge in [-0.2, -0.15) is 0 Å². The van der Waals surface area contributed by atoms with Crippen molar-refractivity contribution in [3.8, 4) is 17.2 Å². The normalized spacial score (nSPS) is 21.6. The monoisotopic (exact) mass is 609 g/mol. The molecule has 10 nitrogen and oxygen atoms in total. The Balaban J connectivity index is 1.33. The molecule has 2 aromatic carbocycles. The number of nitrogens with one attached hydrogen (secondary N) is 1. The molecule has 12 heteroatoms. The zero-order chi connectivity index (χ0) is 29.4. The van der Waals surface area contributed by atoms with Crippen LogP contribution in [0.5, 0.6) is 17.2 Å². The topological polar surface area (TPSA) is 118 Å². The number of carbonyl (C=O) groups excluding carboxylic acids is 3. The molecule has 3 aliphatic rings. The van der Waals surface area contributed by atoms with Gasteiger partial charge in [-0.1, -0.05) is 29.2 Å². The Morgan fingerprint density at radius 3 is 2.45 bits per heavy atom. The first-order valence-corrected chi connectivity index (χ1v) is 15.7. The number of amides is 3. The molecule has 2 fully saturated rings. The minimum Gasteiger partial charge on any atom is -0.497 e. The number of aromatic amines is 1. The lowest BCUT2D eigenvalue weighted by Gasteiger charge is -2.30. The third-order valence-corrected chi connectivity index (χ3v) is 10.2. The van der Waals surface area contributed by atoms with Crippen LogP contribution >= 0.6 is 23.1 Å². The number of anilines is 1. The van der Waals surface area contributed by atoms with Crippen LogP contribution in [0.15, 0.2) is 52.3 Å². The number of fused-ring (bicyclic) bond motifs is 2. The van der Waals surface area contributed by atoms with E-state index in [1.54, 1.807) is 43.5 Å². The van der Waals surface area contributed by atoms with Crippen LogP contribution in [0.1, 0.15) is 42.5 Å². The number of H-pyrrole nitrogens is 1. The summed E-state index contributed by atoms with van der Waals surface area (Å²) >= 11 is 2.28. The van der Waals surface area contributed by atoms with Crippen LogP contribution in [0.25, 0.3) is 0 Å². The van der Waals surface area contributed by atoms with E-state index in [4.69, 9.17) is 14.2 Å². The summed E-state index contributed by atoms with van der Waals surface area (Å²) in [5.74, 6) is -0.542. The summed E-state index contributed by atoms with van der Waals surface area (Å²) in [5, 5.41) is -0.115. The van der Waals surface area contributed by atoms with Gasteiger partial charge in [-0.05, 0) is 68.1 Å². The molecule has 3 unspecified atom stereocenters. The van der Waals surface area contributed by atoms with Crippen LogP contribution in [0.4, 0.5) is 5.69 Å². The second-order valence-electron chi connectivity index (χ2n) is 10.3. The SMILES string of the molecule is CCOc1cc(C2c3sc(=O)[nH]c3SC3C(=O)N(c4ccc(OC)cc4)C(=O)C32)ccc1OCC(=O)N1CCCCC1. The van der Waals surface area contributed by atoms with E-state index in [2.05, 4.69) is 4.98 Å². The molecule has 3 aliphatic heterocycles. The smallest absolute Gasteiger partial charge is 0.305 e. The molecule has 1 aromatic heterocycles. The van der Waals surface area contributed by atoms with Gasteiger partial charge in [0.05, 0.1) is 30.3 Å². The number of hydrogen-bond acceptors (Lipinski definition) is 9. The molecule has 0 radical (unpaired) electrons. The highest BCUT2D eigenvalue weighted by Crippen LogP contribution is 2.53. The van der Waals surface area contributed by atoms with Gasteiger partial charge in [0, 0.05) is 23.9 Å². The van der Waals surface area contributed by atoms with Crippen LogP contribution in [-0.4, -0.2) is 66.3 Å². The van der Waals surface area contributed by atoms with Crippen LogP contribution in [-0.2, 0) is 14.4 Å². The summed E-state index contributed by atoms with van der Waals surface area (Å²) < 4.78 is 17.1. The number of piperidine rings is 1. The summed E-state index contributed by atoms with van der Waals surface area (Å²) in [4.78, 5) is 59.2. The van der Waals surface area contributed by atoms with Gasteiger partial charge in [0.2, 0.25) is 11.8 Å². The summed E-state index contributed by atoms with van der Waals surface area (Å²) in [6.07, 6.45) is 3.12. The number of hydrogen-bond donors (Lipinski definition) is 1. The molecule has 1 N–H and O–H groups in total. The van der Waals surface area contributed by atoms with Gasteiger partial charge in [0.25, 0.3) is 5.91 Å². The van der Waals surface area contributed by atoms with E-state index >= 15 is 0 Å². The highest BCUT2D eigenvalue weighted by molar-refractivity contribution is 8.00. The molecule has 3 aromatic rings. The van der Waals surface area contributed by atoms with Gasteiger partial charge in [0.1, 0.15) is 11.0 Å². The Morgan fingerprint density at radius 1 is 0.976 bits per heavy atom. The maximum absolute atomic E-state index is 14.0. The number of rotatable bonds is 8. The van der Waals surface area contributed by atoms with E-state index in [-0.39, 0.29) is 29.2 Å². The average molecular weight is 610 g/mol. The Labute approximate surface area is 250 Å². The first-order valence-electron chi connectivity index (χ1n) is 14.0. The van der Waals surface area contributed by atoms with E-state index in [0.29, 0.717) is 39.4 Å². The van der Waals surface area contributed by atoms with Gasteiger partial charge in [-0.15, -0.1) is 0 Å². The highest BCUT2D eigenvalue weighted by Gasteiger charge is 2.56. The lowest BCUT2D eigenvalue weighted by molar-refractivity contribution is -0.134. The molecule has 2 saturated heterocycles.